The normalized spacial score (nSPS) is 39.3. The number of fused-ring (bicyclic) bond motifs is 12. The van der Waals surface area contributed by atoms with Crippen molar-refractivity contribution < 1.29 is 38.1 Å². The van der Waals surface area contributed by atoms with E-state index in [1.807, 2.05) is 0 Å². The lowest BCUT2D eigenvalue weighted by molar-refractivity contribution is -0.200. The van der Waals surface area contributed by atoms with Crippen LogP contribution in [-0.4, -0.2) is 97.0 Å². The number of nitrogens with zero attached hydrogens (tertiary/aromatic N) is 4. The Hall–Kier alpha value is -2.92. The maximum absolute atomic E-state index is 12.5. The van der Waals surface area contributed by atoms with Crippen LogP contribution in [0.4, 0.5) is 19.2 Å². The van der Waals surface area contributed by atoms with E-state index in [2.05, 4.69) is 0 Å². The van der Waals surface area contributed by atoms with Crippen LogP contribution in [0.5, 0.6) is 0 Å². The quantitative estimate of drug-likeness (QED) is 0.526. The van der Waals surface area contributed by atoms with E-state index in [0.717, 1.165) is 0 Å². The standard InChI is InChI=1S/C18H24N4O8/c1-27-15(23)19-7-5-8(20(19)16(24)28-2)12-11(7)13-9-6-10(14(12)13)22(18(26)30-4)21(9)17(25)29-3/h7-14H,5-6H2,1-4H3/t7-,8+,9+,10-,11?,12?,13?,14?. The van der Waals surface area contributed by atoms with Gasteiger partial charge in [0, 0.05) is 0 Å². The second kappa shape index (κ2) is 6.29. The van der Waals surface area contributed by atoms with Gasteiger partial charge in [-0.1, -0.05) is 0 Å². The van der Waals surface area contributed by atoms with Crippen LogP contribution in [0.3, 0.4) is 0 Å². The minimum Gasteiger partial charge on any atom is -0.452 e. The average molecular weight is 424 g/mol. The van der Waals surface area contributed by atoms with Crippen molar-refractivity contribution in [2.75, 3.05) is 28.4 Å². The SMILES string of the molecule is COC(=O)N1[C@@H]2C[C@@H](C3C2C2C3[C@H]3C[C@@H]2N(C(=O)OC)N3C(=O)OC)N1C(=O)OC. The Morgan fingerprint density at radius 1 is 0.500 bits per heavy atom. The molecule has 3 saturated carbocycles. The average Bonchev–Trinajstić information content (AvgIpc) is 3.46. The van der Waals surface area contributed by atoms with Crippen LogP contribution in [0.2, 0.25) is 0 Å². The van der Waals surface area contributed by atoms with Crippen molar-refractivity contribution in [2.24, 2.45) is 23.7 Å². The predicted molar refractivity (Wildman–Crippen MR) is 95.3 cm³/mol. The summed E-state index contributed by atoms with van der Waals surface area (Å²) in [5.41, 5.74) is 0. The summed E-state index contributed by atoms with van der Waals surface area (Å²) < 4.78 is 19.7. The van der Waals surface area contributed by atoms with Crippen LogP contribution in [0.1, 0.15) is 12.8 Å². The number of hydrazine groups is 2. The van der Waals surface area contributed by atoms with E-state index in [0.29, 0.717) is 12.8 Å². The Bertz CT molecular complexity index is 684. The molecule has 0 aromatic rings. The van der Waals surface area contributed by atoms with Crippen LogP contribution in [0.25, 0.3) is 0 Å². The number of rotatable bonds is 0. The second-order valence-electron chi connectivity index (χ2n) is 8.31. The molecule has 2 saturated heterocycles. The van der Waals surface area contributed by atoms with Gasteiger partial charge in [-0.05, 0) is 36.5 Å². The third kappa shape index (κ3) is 2.01. The van der Waals surface area contributed by atoms with Crippen LogP contribution in [0.15, 0.2) is 0 Å². The van der Waals surface area contributed by atoms with Crippen molar-refractivity contribution in [2.45, 2.75) is 37.0 Å². The van der Waals surface area contributed by atoms with E-state index in [4.69, 9.17) is 18.9 Å². The molecule has 0 unspecified atom stereocenters. The number of hydrogen-bond acceptors (Lipinski definition) is 8. The van der Waals surface area contributed by atoms with Gasteiger partial charge in [0.05, 0.1) is 52.6 Å². The number of amides is 4. The fraction of sp³-hybridized carbons (Fsp3) is 0.778. The Balaban J connectivity index is 1.49. The molecule has 0 N–H and O–H groups in total. The number of ether oxygens (including phenoxy) is 4. The summed E-state index contributed by atoms with van der Waals surface area (Å²) >= 11 is 0. The van der Waals surface area contributed by atoms with Crippen molar-refractivity contribution >= 4 is 24.4 Å². The van der Waals surface area contributed by atoms with Crippen LogP contribution < -0.4 is 0 Å². The molecule has 5 rings (SSSR count). The van der Waals surface area contributed by atoms with Crippen LogP contribution >= 0.6 is 0 Å². The molecule has 2 heterocycles. The molecule has 12 nitrogen and oxygen atoms in total. The first-order valence-corrected chi connectivity index (χ1v) is 9.89. The molecular weight excluding hydrogens is 400 g/mol. The zero-order chi connectivity index (χ0) is 21.5. The molecule has 0 aromatic carbocycles. The lowest BCUT2D eigenvalue weighted by Crippen LogP contribution is -2.73. The molecule has 5 fully saturated rings. The minimum atomic E-state index is -0.612. The van der Waals surface area contributed by atoms with Gasteiger partial charge in [0.25, 0.3) is 0 Å². The first-order valence-electron chi connectivity index (χ1n) is 9.89. The van der Waals surface area contributed by atoms with Gasteiger partial charge in [-0.15, -0.1) is 0 Å². The lowest BCUT2D eigenvalue weighted by Gasteiger charge is -2.61. The molecule has 164 valence electrons. The molecule has 0 radical (unpaired) electrons. The first kappa shape index (κ1) is 19.1. The predicted octanol–water partition coefficient (Wildman–Crippen LogP) is 0.877. The summed E-state index contributed by atoms with van der Waals surface area (Å²) in [6.07, 6.45) is -1.22. The first-order chi connectivity index (χ1) is 14.4. The van der Waals surface area contributed by atoms with Crippen molar-refractivity contribution in [3.8, 4) is 0 Å². The Labute approximate surface area is 172 Å². The molecule has 0 aromatic heterocycles. The maximum Gasteiger partial charge on any atom is 0.428 e. The van der Waals surface area contributed by atoms with Crippen LogP contribution in [0, 0.1) is 23.7 Å². The van der Waals surface area contributed by atoms with E-state index < -0.39 is 24.4 Å². The van der Waals surface area contributed by atoms with Crippen molar-refractivity contribution in [1.82, 2.24) is 20.0 Å². The molecule has 0 spiro atoms. The molecular formula is C18H24N4O8. The van der Waals surface area contributed by atoms with Crippen molar-refractivity contribution in [3.63, 3.8) is 0 Å². The third-order valence-electron chi connectivity index (χ3n) is 7.69. The van der Waals surface area contributed by atoms with E-state index in [-0.39, 0.29) is 47.8 Å². The van der Waals surface area contributed by atoms with E-state index >= 15 is 0 Å². The third-order valence-corrected chi connectivity index (χ3v) is 7.69. The fourth-order valence-corrected chi connectivity index (χ4v) is 7.01. The fourth-order valence-electron chi connectivity index (χ4n) is 7.01. The summed E-state index contributed by atoms with van der Waals surface area (Å²) in [5, 5.41) is 5.45. The highest BCUT2D eigenvalue weighted by Gasteiger charge is 2.78. The zero-order valence-corrected chi connectivity index (χ0v) is 17.1. The van der Waals surface area contributed by atoms with Gasteiger partial charge in [0.2, 0.25) is 0 Å². The van der Waals surface area contributed by atoms with Gasteiger partial charge in [-0.3, -0.25) is 0 Å². The summed E-state index contributed by atoms with van der Waals surface area (Å²) in [5.74, 6) is 0.396. The monoisotopic (exact) mass is 424 g/mol. The lowest BCUT2D eigenvalue weighted by atomic mass is 9.54. The Morgan fingerprint density at radius 3 is 0.867 bits per heavy atom. The number of carbonyl (C=O) groups excluding carboxylic acids is 4. The van der Waals surface area contributed by atoms with Crippen molar-refractivity contribution in [3.05, 3.63) is 0 Å². The zero-order valence-electron chi connectivity index (χ0n) is 17.1. The molecule has 3 aliphatic carbocycles. The minimum absolute atomic E-state index is 0.0990. The van der Waals surface area contributed by atoms with Gasteiger partial charge >= 0.3 is 24.4 Å². The topological polar surface area (TPSA) is 118 Å². The highest BCUT2D eigenvalue weighted by Crippen LogP contribution is 2.70. The number of carbonyl (C=O) groups is 4. The smallest absolute Gasteiger partial charge is 0.428 e. The summed E-state index contributed by atoms with van der Waals surface area (Å²) in [7, 11) is 5.09. The molecule has 5 aliphatic rings. The summed E-state index contributed by atoms with van der Waals surface area (Å²) in [6, 6.07) is -0.895. The second-order valence-corrected chi connectivity index (χ2v) is 8.31. The molecule has 4 amide bonds. The largest absolute Gasteiger partial charge is 0.452 e. The Kier molecular flexibility index (Phi) is 4.00. The van der Waals surface area contributed by atoms with E-state index in [9.17, 15) is 19.2 Å². The number of methoxy groups -OCH3 is 4. The summed E-state index contributed by atoms with van der Waals surface area (Å²) in [4.78, 5) is 49.8. The Morgan fingerprint density at radius 2 is 0.700 bits per heavy atom. The van der Waals surface area contributed by atoms with Gasteiger partial charge in [-0.2, -0.15) is 0 Å². The van der Waals surface area contributed by atoms with Gasteiger partial charge in [0.15, 0.2) is 0 Å². The van der Waals surface area contributed by atoms with Gasteiger partial charge < -0.3 is 18.9 Å². The molecule has 30 heavy (non-hydrogen) atoms. The molecule has 4 bridgehead atoms. The van der Waals surface area contributed by atoms with E-state index in [1.54, 1.807) is 0 Å². The molecule has 4 atom stereocenters. The van der Waals surface area contributed by atoms with Crippen molar-refractivity contribution in [1.29, 1.82) is 0 Å². The highest BCUT2D eigenvalue weighted by molar-refractivity contribution is 5.78. The van der Waals surface area contributed by atoms with Crippen LogP contribution in [-0.2, 0) is 18.9 Å². The highest BCUT2D eigenvalue weighted by atomic mass is 16.6. The molecule has 12 heteroatoms. The van der Waals surface area contributed by atoms with Gasteiger partial charge in [-0.25, -0.2) is 39.2 Å². The number of hydrogen-bond donors (Lipinski definition) is 0. The van der Waals surface area contributed by atoms with Gasteiger partial charge in [0.1, 0.15) is 0 Å². The summed E-state index contributed by atoms with van der Waals surface area (Å²) in [6.45, 7) is 0. The maximum atomic E-state index is 12.5. The molecule has 2 aliphatic heterocycles. The van der Waals surface area contributed by atoms with E-state index in [1.165, 1.54) is 48.5 Å².